The van der Waals surface area contributed by atoms with Gasteiger partial charge in [-0.15, -0.1) is 0 Å². The first-order chi connectivity index (χ1) is 7.84. The summed E-state index contributed by atoms with van der Waals surface area (Å²) in [4.78, 5) is 4.48. The molecule has 1 aliphatic heterocycles. The maximum Gasteiger partial charge on any atom is 0.119 e. The molecule has 2 aromatic rings. The molecule has 0 spiro atoms. The Kier molecular flexibility index (Phi) is 2.29. The van der Waals surface area contributed by atoms with Crippen LogP contribution in [0, 0.1) is 0 Å². The molecule has 1 fully saturated rings. The van der Waals surface area contributed by atoms with E-state index in [1.165, 1.54) is 0 Å². The fourth-order valence-electron chi connectivity index (χ4n) is 2.39. The summed E-state index contributed by atoms with van der Waals surface area (Å²) in [6.07, 6.45) is 6.01. The van der Waals surface area contributed by atoms with Gasteiger partial charge in [-0.2, -0.15) is 0 Å². The lowest BCUT2D eigenvalue weighted by Gasteiger charge is -2.21. The van der Waals surface area contributed by atoms with Gasteiger partial charge >= 0.3 is 0 Å². The minimum atomic E-state index is 0.296. The maximum atomic E-state index is 9.40. The van der Waals surface area contributed by atoms with Crippen LogP contribution in [0.1, 0.15) is 24.6 Å². The summed E-state index contributed by atoms with van der Waals surface area (Å²) in [7, 11) is 0. The second-order valence-corrected chi connectivity index (χ2v) is 4.32. The molecule has 2 aromatic heterocycles. The predicted molar refractivity (Wildman–Crippen MR) is 61.7 cm³/mol. The number of piperidine rings is 1. The highest BCUT2D eigenvalue weighted by atomic mass is 16.3. The van der Waals surface area contributed by atoms with Crippen molar-refractivity contribution >= 4 is 5.52 Å². The smallest absolute Gasteiger partial charge is 0.119 e. The predicted octanol–water partition coefficient (Wildman–Crippen LogP) is 1.51. The Morgan fingerprint density at radius 1 is 1.38 bits per heavy atom. The number of pyridine rings is 1. The molecular weight excluding hydrogens is 202 g/mol. The van der Waals surface area contributed by atoms with Crippen LogP contribution >= 0.6 is 0 Å². The van der Waals surface area contributed by atoms with Crippen LogP contribution in [-0.4, -0.2) is 27.6 Å². The van der Waals surface area contributed by atoms with E-state index in [4.69, 9.17) is 0 Å². The Bertz CT molecular complexity index is 500. The van der Waals surface area contributed by atoms with Gasteiger partial charge in [0.2, 0.25) is 0 Å². The van der Waals surface area contributed by atoms with Crippen molar-refractivity contribution in [2.75, 3.05) is 13.1 Å². The number of hydrogen-bond acceptors (Lipinski definition) is 3. The minimum Gasteiger partial charge on any atom is -0.508 e. The van der Waals surface area contributed by atoms with E-state index in [0.717, 1.165) is 37.3 Å². The van der Waals surface area contributed by atoms with Gasteiger partial charge in [0.1, 0.15) is 11.6 Å². The highest BCUT2D eigenvalue weighted by Crippen LogP contribution is 2.25. The summed E-state index contributed by atoms with van der Waals surface area (Å²) in [5.74, 6) is 1.95. The van der Waals surface area contributed by atoms with Crippen molar-refractivity contribution in [2.45, 2.75) is 18.8 Å². The highest BCUT2D eigenvalue weighted by Gasteiger charge is 2.19. The summed E-state index contributed by atoms with van der Waals surface area (Å²) in [5.41, 5.74) is 0.966. The number of aromatic nitrogens is 2. The average Bonchev–Trinajstić information content (AvgIpc) is 2.73. The fraction of sp³-hybridized carbons (Fsp3) is 0.417. The summed E-state index contributed by atoms with van der Waals surface area (Å²) in [6, 6.07) is 3.46. The van der Waals surface area contributed by atoms with Crippen LogP contribution in [0.2, 0.25) is 0 Å². The number of rotatable bonds is 1. The molecule has 84 valence electrons. The molecule has 1 saturated heterocycles. The van der Waals surface area contributed by atoms with Gasteiger partial charge in [0.25, 0.3) is 0 Å². The van der Waals surface area contributed by atoms with E-state index in [0.29, 0.717) is 11.7 Å². The molecule has 0 saturated carbocycles. The van der Waals surface area contributed by atoms with E-state index >= 15 is 0 Å². The van der Waals surface area contributed by atoms with Crippen LogP contribution in [-0.2, 0) is 0 Å². The Labute approximate surface area is 93.9 Å². The second kappa shape index (κ2) is 3.79. The van der Waals surface area contributed by atoms with Gasteiger partial charge in [-0.1, -0.05) is 0 Å². The number of fused-ring (bicyclic) bond motifs is 1. The molecule has 0 amide bonds. The van der Waals surface area contributed by atoms with Crippen LogP contribution < -0.4 is 5.32 Å². The molecule has 0 bridgehead atoms. The first-order valence-corrected chi connectivity index (χ1v) is 5.71. The molecule has 0 atom stereocenters. The molecule has 4 heteroatoms. The molecule has 3 heterocycles. The van der Waals surface area contributed by atoms with Gasteiger partial charge in [0, 0.05) is 18.2 Å². The lowest BCUT2D eigenvalue weighted by molar-refractivity contribution is 0.443. The van der Waals surface area contributed by atoms with Crippen molar-refractivity contribution in [3.05, 3.63) is 30.4 Å². The highest BCUT2D eigenvalue weighted by molar-refractivity contribution is 5.50. The summed E-state index contributed by atoms with van der Waals surface area (Å²) < 4.78 is 2.08. The first kappa shape index (κ1) is 9.66. The van der Waals surface area contributed by atoms with Gasteiger partial charge in [-0.05, 0) is 32.0 Å². The van der Waals surface area contributed by atoms with Crippen molar-refractivity contribution in [1.82, 2.24) is 14.7 Å². The SMILES string of the molecule is Oc1ccn2c(C3CCNCC3)ncc2c1. The quantitative estimate of drug-likeness (QED) is 0.761. The molecule has 2 N–H and O–H groups in total. The van der Waals surface area contributed by atoms with Crippen LogP contribution in [0.3, 0.4) is 0 Å². The number of nitrogens with zero attached hydrogens (tertiary/aromatic N) is 2. The standard InChI is InChI=1S/C12H15N3O/c16-11-3-6-15-10(7-11)8-14-12(15)9-1-4-13-5-2-9/h3,6-9,13,16H,1-2,4-5H2. The average molecular weight is 217 g/mol. The Morgan fingerprint density at radius 3 is 3.00 bits per heavy atom. The van der Waals surface area contributed by atoms with Crippen LogP contribution in [0.5, 0.6) is 5.75 Å². The fourth-order valence-corrected chi connectivity index (χ4v) is 2.39. The molecule has 16 heavy (non-hydrogen) atoms. The van der Waals surface area contributed by atoms with E-state index in [9.17, 15) is 5.11 Å². The molecule has 1 aliphatic rings. The van der Waals surface area contributed by atoms with Gasteiger partial charge in [0.15, 0.2) is 0 Å². The molecule has 0 aromatic carbocycles. The zero-order valence-corrected chi connectivity index (χ0v) is 9.06. The summed E-state index contributed by atoms with van der Waals surface area (Å²) in [6.45, 7) is 2.13. The zero-order chi connectivity index (χ0) is 11.0. The molecule has 0 unspecified atom stereocenters. The number of aromatic hydroxyl groups is 1. The zero-order valence-electron chi connectivity index (χ0n) is 9.06. The van der Waals surface area contributed by atoms with Gasteiger partial charge < -0.3 is 14.8 Å². The third kappa shape index (κ3) is 1.55. The Hall–Kier alpha value is -1.55. The van der Waals surface area contributed by atoms with Gasteiger partial charge in [-0.25, -0.2) is 4.98 Å². The molecular formula is C12H15N3O. The molecule has 0 radical (unpaired) electrons. The second-order valence-electron chi connectivity index (χ2n) is 4.32. The van der Waals surface area contributed by atoms with Crippen molar-refractivity contribution in [3.63, 3.8) is 0 Å². The minimum absolute atomic E-state index is 0.296. The summed E-state index contributed by atoms with van der Waals surface area (Å²) in [5, 5.41) is 12.8. The van der Waals surface area contributed by atoms with Crippen LogP contribution in [0.25, 0.3) is 5.52 Å². The van der Waals surface area contributed by atoms with E-state index in [1.807, 2.05) is 12.4 Å². The van der Waals surface area contributed by atoms with E-state index in [2.05, 4.69) is 14.7 Å². The van der Waals surface area contributed by atoms with E-state index < -0.39 is 0 Å². The van der Waals surface area contributed by atoms with Gasteiger partial charge in [0.05, 0.1) is 11.7 Å². The van der Waals surface area contributed by atoms with Crippen LogP contribution in [0.15, 0.2) is 24.5 Å². The molecule has 4 nitrogen and oxygen atoms in total. The van der Waals surface area contributed by atoms with Crippen molar-refractivity contribution in [3.8, 4) is 5.75 Å². The Morgan fingerprint density at radius 2 is 2.19 bits per heavy atom. The number of hydrogen-bond donors (Lipinski definition) is 2. The van der Waals surface area contributed by atoms with Crippen molar-refractivity contribution < 1.29 is 5.11 Å². The maximum absolute atomic E-state index is 9.40. The van der Waals surface area contributed by atoms with Crippen LogP contribution in [0.4, 0.5) is 0 Å². The topological polar surface area (TPSA) is 49.6 Å². The number of imidazole rings is 1. The monoisotopic (exact) mass is 217 g/mol. The normalized spacial score (nSPS) is 18.0. The Balaban J connectivity index is 2.03. The first-order valence-electron chi connectivity index (χ1n) is 5.71. The molecule has 0 aliphatic carbocycles. The third-order valence-electron chi connectivity index (χ3n) is 3.25. The van der Waals surface area contributed by atoms with Gasteiger partial charge in [-0.3, -0.25) is 0 Å². The molecule has 3 rings (SSSR count). The lowest BCUT2D eigenvalue weighted by Crippen LogP contribution is -2.27. The lowest BCUT2D eigenvalue weighted by atomic mass is 9.97. The van der Waals surface area contributed by atoms with E-state index in [-0.39, 0.29) is 0 Å². The van der Waals surface area contributed by atoms with Crippen molar-refractivity contribution in [1.29, 1.82) is 0 Å². The summed E-state index contributed by atoms with van der Waals surface area (Å²) >= 11 is 0. The number of nitrogens with one attached hydrogen (secondary N) is 1. The largest absolute Gasteiger partial charge is 0.508 e. The third-order valence-corrected chi connectivity index (χ3v) is 3.25. The van der Waals surface area contributed by atoms with E-state index in [1.54, 1.807) is 12.1 Å². The van der Waals surface area contributed by atoms with Crippen molar-refractivity contribution in [2.24, 2.45) is 0 Å².